The van der Waals surface area contributed by atoms with Crippen molar-refractivity contribution in [1.82, 2.24) is 15.0 Å². The van der Waals surface area contributed by atoms with Gasteiger partial charge < -0.3 is 23.6 Å². The number of ether oxygens (including phenoxy) is 3. The standard InChI is InChI=1S/C25H27N5O6S/c1-15-26-23(29-36-15)16-7-10-18(11-8-16)27-22(24(37-6)28-25(32)34-5)17-9-12-19(20(13-17)33-4)35-14-21(31)30(2)3/h7-13H,14H2,1-6H3/b27-22-,28-24-. The molecule has 37 heavy (non-hydrogen) atoms. The fourth-order valence-corrected chi connectivity index (χ4v) is 3.52. The Labute approximate surface area is 218 Å². The smallest absolute Gasteiger partial charge is 0.434 e. The molecule has 3 aromatic rings. The molecule has 0 bridgehead atoms. The number of thioether (sulfide) groups is 1. The summed E-state index contributed by atoms with van der Waals surface area (Å²) >= 11 is 1.24. The Bertz CT molecular complexity index is 1320. The number of nitrogens with zero attached hydrogens (tertiary/aromatic N) is 5. The molecule has 0 radical (unpaired) electrons. The van der Waals surface area contributed by atoms with E-state index >= 15 is 0 Å². The lowest BCUT2D eigenvalue weighted by Crippen LogP contribution is -2.27. The van der Waals surface area contributed by atoms with E-state index in [4.69, 9.17) is 23.7 Å². The summed E-state index contributed by atoms with van der Waals surface area (Å²) in [5.41, 5.74) is 2.39. The number of benzene rings is 2. The van der Waals surface area contributed by atoms with Crippen molar-refractivity contribution in [1.29, 1.82) is 0 Å². The van der Waals surface area contributed by atoms with Crippen LogP contribution in [0.15, 0.2) is 57.0 Å². The quantitative estimate of drug-likeness (QED) is 0.314. The Balaban J connectivity index is 2.03. The highest BCUT2D eigenvalue weighted by molar-refractivity contribution is 8.15. The van der Waals surface area contributed by atoms with Crippen molar-refractivity contribution >= 4 is 40.2 Å². The molecule has 0 saturated heterocycles. The van der Waals surface area contributed by atoms with Crippen molar-refractivity contribution in [3.63, 3.8) is 0 Å². The van der Waals surface area contributed by atoms with Crippen LogP contribution in [0.25, 0.3) is 11.4 Å². The lowest BCUT2D eigenvalue weighted by Gasteiger charge is -2.15. The van der Waals surface area contributed by atoms with Crippen LogP contribution in [0.2, 0.25) is 0 Å². The zero-order valence-corrected chi connectivity index (χ0v) is 22.2. The van der Waals surface area contributed by atoms with Gasteiger partial charge in [0.1, 0.15) is 10.8 Å². The van der Waals surface area contributed by atoms with Crippen LogP contribution in [0.3, 0.4) is 0 Å². The average molecular weight is 526 g/mol. The number of methoxy groups -OCH3 is 2. The molecule has 1 aromatic heterocycles. The zero-order chi connectivity index (χ0) is 26.9. The molecule has 194 valence electrons. The van der Waals surface area contributed by atoms with Gasteiger partial charge in [-0.1, -0.05) is 5.16 Å². The van der Waals surface area contributed by atoms with Gasteiger partial charge >= 0.3 is 6.09 Å². The largest absolute Gasteiger partial charge is 0.493 e. The molecule has 2 amide bonds. The summed E-state index contributed by atoms with van der Waals surface area (Å²) < 4.78 is 20.9. The number of rotatable bonds is 8. The maximum Gasteiger partial charge on any atom is 0.434 e. The van der Waals surface area contributed by atoms with Gasteiger partial charge in [0.2, 0.25) is 11.7 Å². The highest BCUT2D eigenvalue weighted by Gasteiger charge is 2.18. The molecule has 11 nitrogen and oxygen atoms in total. The molecule has 12 heteroatoms. The molecule has 0 aliphatic heterocycles. The monoisotopic (exact) mass is 525 g/mol. The molecule has 0 spiro atoms. The van der Waals surface area contributed by atoms with Gasteiger partial charge in [0.15, 0.2) is 18.1 Å². The van der Waals surface area contributed by atoms with Gasteiger partial charge in [-0.05, 0) is 48.7 Å². The third-order valence-electron chi connectivity index (χ3n) is 4.94. The van der Waals surface area contributed by atoms with Crippen LogP contribution >= 0.6 is 11.8 Å². The number of hydrogen-bond donors (Lipinski definition) is 0. The number of aromatic nitrogens is 2. The highest BCUT2D eigenvalue weighted by Crippen LogP contribution is 2.30. The molecule has 0 aliphatic rings. The molecular weight excluding hydrogens is 498 g/mol. The van der Waals surface area contributed by atoms with Crippen molar-refractivity contribution in [2.75, 3.05) is 41.2 Å². The zero-order valence-electron chi connectivity index (χ0n) is 21.3. The highest BCUT2D eigenvalue weighted by atomic mass is 32.2. The Kier molecular flexibility index (Phi) is 9.39. The number of likely N-dealkylation sites (N-methyl/N-ethyl adjacent to an activating group) is 1. The summed E-state index contributed by atoms with van der Waals surface area (Å²) in [6.07, 6.45) is 1.02. The minimum Gasteiger partial charge on any atom is -0.493 e. The summed E-state index contributed by atoms with van der Waals surface area (Å²) in [4.78, 5) is 38.4. The predicted octanol–water partition coefficient (Wildman–Crippen LogP) is 4.17. The second kappa shape index (κ2) is 12.7. The van der Waals surface area contributed by atoms with Crippen molar-refractivity contribution in [2.24, 2.45) is 9.98 Å². The van der Waals surface area contributed by atoms with Crippen LogP contribution < -0.4 is 9.47 Å². The first kappa shape index (κ1) is 27.4. The molecule has 3 rings (SSSR count). The molecule has 2 aromatic carbocycles. The molecule has 0 aliphatic carbocycles. The topological polar surface area (TPSA) is 129 Å². The summed E-state index contributed by atoms with van der Waals surface area (Å²) in [6.45, 7) is 1.58. The second-order valence-electron chi connectivity index (χ2n) is 7.68. The fourth-order valence-electron chi connectivity index (χ4n) is 2.99. The van der Waals surface area contributed by atoms with E-state index in [-0.39, 0.29) is 12.5 Å². The van der Waals surface area contributed by atoms with Crippen LogP contribution in [-0.4, -0.2) is 79.0 Å². The first-order valence-electron chi connectivity index (χ1n) is 11.0. The minimum absolute atomic E-state index is 0.143. The van der Waals surface area contributed by atoms with Gasteiger partial charge in [-0.25, -0.2) is 9.79 Å². The Morgan fingerprint density at radius 2 is 1.81 bits per heavy atom. The number of carbonyl (C=O) groups is 2. The SMILES string of the molecule is COC(=O)/N=C(SC)/C(=N\c1ccc(-c2noc(C)n2)cc1)c1ccc(OCC(=O)N(C)C)c(OC)c1. The number of aliphatic imine (C=N–C) groups is 2. The number of hydrogen-bond acceptors (Lipinski definition) is 10. The van der Waals surface area contributed by atoms with E-state index in [9.17, 15) is 9.59 Å². The first-order valence-corrected chi connectivity index (χ1v) is 12.2. The fraction of sp³-hybridized carbons (Fsp3) is 0.280. The third-order valence-corrected chi connectivity index (χ3v) is 5.62. The number of carbonyl (C=O) groups excluding carboxylic acids is 2. The van der Waals surface area contributed by atoms with Gasteiger partial charge in [-0.2, -0.15) is 9.98 Å². The van der Waals surface area contributed by atoms with Crippen molar-refractivity contribution in [2.45, 2.75) is 6.92 Å². The number of aryl methyl sites for hydroxylation is 1. The molecule has 0 N–H and O–H groups in total. The summed E-state index contributed by atoms with van der Waals surface area (Å²) in [6, 6.07) is 12.3. The van der Waals surface area contributed by atoms with E-state index < -0.39 is 6.09 Å². The van der Waals surface area contributed by atoms with E-state index in [1.807, 2.05) is 12.1 Å². The van der Waals surface area contributed by atoms with Crippen molar-refractivity contribution < 1.29 is 28.3 Å². The minimum atomic E-state index is -0.756. The first-order chi connectivity index (χ1) is 17.7. The lowest BCUT2D eigenvalue weighted by atomic mass is 10.1. The van der Waals surface area contributed by atoms with E-state index in [0.717, 1.165) is 5.56 Å². The second-order valence-corrected chi connectivity index (χ2v) is 8.47. The third kappa shape index (κ3) is 7.17. The molecule has 0 unspecified atom stereocenters. The summed E-state index contributed by atoms with van der Waals surface area (Å²) in [5, 5.41) is 4.26. The van der Waals surface area contributed by atoms with Crippen LogP contribution in [-0.2, 0) is 9.53 Å². The Hall–Kier alpha value is -4.19. The molecule has 0 atom stereocenters. The van der Waals surface area contributed by atoms with Crippen molar-refractivity contribution in [3.05, 3.63) is 53.9 Å². The van der Waals surface area contributed by atoms with Crippen molar-refractivity contribution in [3.8, 4) is 22.9 Å². The van der Waals surface area contributed by atoms with Crippen LogP contribution in [0.5, 0.6) is 11.5 Å². The van der Waals surface area contributed by atoms with Gasteiger partial charge in [0, 0.05) is 32.1 Å². The van der Waals surface area contributed by atoms with Gasteiger partial charge in [-0.3, -0.25) is 4.79 Å². The Morgan fingerprint density at radius 1 is 1.08 bits per heavy atom. The van der Waals surface area contributed by atoms with E-state index in [0.29, 0.717) is 45.2 Å². The van der Waals surface area contributed by atoms with Gasteiger partial charge in [0.05, 0.1) is 19.9 Å². The van der Waals surface area contributed by atoms with E-state index in [1.165, 1.54) is 30.9 Å². The molecular formula is C25H27N5O6S. The summed E-state index contributed by atoms with van der Waals surface area (Å²) in [5.74, 6) is 1.52. The van der Waals surface area contributed by atoms with Gasteiger partial charge in [-0.15, -0.1) is 11.8 Å². The maximum atomic E-state index is 12.0. The van der Waals surface area contributed by atoms with Crippen LogP contribution in [0.4, 0.5) is 10.5 Å². The van der Waals surface area contributed by atoms with Crippen LogP contribution in [0, 0.1) is 6.92 Å². The average Bonchev–Trinajstić information content (AvgIpc) is 3.35. The van der Waals surface area contributed by atoms with E-state index in [2.05, 4.69) is 15.1 Å². The molecule has 0 saturated carbocycles. The van der Waals surface area contributed by atoms with Gasteiger partial charge in [0.25, 0.3) is 5.91 Å². The Morgan fingerprint density at radius 3 is 2.38 bits per heavy atom. The molecule has 0 fully saturated rings. The number of amides is 2. The molecule has 1 heterocycles. The predicted molar refractivity (Wildman–Crippen MR) is 141 cm³/mol. The van der Waals surface area contributed by atoms with E-state index in [1.54, 1.807) is 57.6 Å². The van der Waals surface area contributed by atoms with Crippen LogP contribution in [0.1, 0.15) is 11.5 Å². The normalized spacial score (nSPS) is 11.7. The maximum absolute atomic E-state index is 12.0. The lowest BCUT2D eigenvalue weighted by molar-refractivity contribution is -0.130. The summed E-state index contributed by atoms with van der Waals surface area (Å²) in [7, 11) is 6.04.